The molecule has 2 nitrogen and oxygen atoms in total. The Labute approximate surface area is 52.1 Å². The van der Waals surface area contributed by atoms with Gasteiger partial charge in [0.05, 0.1) is 5.56 Å². The van der Waals surface area contributed by atoms with E-state index in [0.717, 1.165) is 0 Å². The van der Waals surface area contributed by atoms with Crippen LogP contribution in [-0.4, -0.2) is 5.97 Å². The Morgan fingerprint density at radius 2 is 2.22 bits per heavy atom. The van der Waals surface area contributed by atoms with Crippen LogP contribution in [0.15, 0.2) is 24.3 Å². The summed E-state index contributed by atoms with van der Waals surface area (Å²) in [6, 6.07) is 7.02. The lowest BCUT2D eigenvalue weighted by atomic mass is 10.2. The fourth-order valence-corrected chi connectivity index (χ4v) is 0.853. The average Bonchev–Trinajstić information content (AvgIpc) is 2.09. The van der Waals surface area contributed by atoms with Gasteiger partial charge in [-0.05, 0) is 18.2 Å². The molecule has 9 heavy (non-hydrogen) atoms. The normalized spacial score (nSPS) is 13.6. The first-order valence-electron chi connectivity index (χ1n) is 2.68. The third kappa shape index (κ3) is 0.528. The van der Waals surface area contributed by atoms with E-state index >= 15 is 0 Å². The minimum atomic E-state index is -0.241. The van der Waals surface area contributed by atoms with Crippen LogP contribution in [0.4, 0.5) is 0 Å². The fraction of sp³-hybridized carbons (Fsp3) is 0. The number of hydrogen-bond acceptors (Lipinski definition) is 2. The first-order chi connectivity index (χ1) is 4.36. The predicted molar refractivity (Wildman–Crippen MR) is 31.4 cm³/mol. The lowest BCUT2D eigenvalue weighted by Crippen LogP contribution is -1.98. The Morgan fingerprint density at radius 3 is 2.89 bits per heavy atom. The van der Waals surface area contributed by atoms with Crippen molar-refractivity contribution in [3.8, 4) is 5.75 Å². The van der Waals surface area contributed by atoms with Crippen molar-refractivity contribution in [3.05, 3.63) is 29.8 Å². The second-order valence-corrected chi connectivity index (χ2v) is 1.92. The molecule has 1 aliphatic heterocycles. The van der Waals surface area contributed by atoms with Gasteiger partial charge in [0.1, 0.15) is 5.75 Å². The highest BCUT2D eigenvalue weighted by atomic mass is 16.5. The second kappa shape index (κ2) is 1.35. The molecular formula is C7H4O2. The van der Waals surface area contributed by atoms with Gasteiger partial charge in [0, 0.05) is 0 Å². The highest BCUT2D eigenvalue weighted by Gasteiger charge is 2.15. The molecule has 0 aromatic heterocycles. The molecule has 0 unspecified atom stereocenters. The third-order valence-corrected chi connectivity index (χ3v) is 1.28. The monoisotopic (exact) mass is 120 g/mol. The lowest BCUT2D eigenvalue weighted by molar-refractivity contribution is 0.0755. The molecule has 0 radical (unpaired) electrons. The SMILES string of the molecule is O=C1Oc2cccc1c2. The average molecular weight is 120 g/mol. The molecule has 1 heterocycles. The van der Waals surface area contributed by atoms with E-state index < -0.39 is 0 Å². The van der Waals surface area contributed by atoms with E-state index in [0.29, 0.717) is 11.3 Å². The van der Waals surface area contributed by atoms with Gasteiger partial charge in [-0.3, -0.25) is 0 Å². The van der Waals surface area contributed by atoms with E-state index in [1.165, 1.54) is 0 Å². The van der Waals surface area contributed by atoms with Crippen LogP contribution in [0.1, 0.15) is 10.4 Å². The van der Waals surface area contributed by atoms with Crippen LogP contribution in [0.5, 0.6) is 5.75 Å². The zero-order chi connectivity index (χ0) is 6.27. The van der Waals surface area contributed by atoms with Gasteiger partial charge in [-0.1, -0.05) is 6.07 Å². The van der Waals surface area contributed by atoms with Crippen molar-refractivity contribution in [2.75, 3.05) is 0 Å². The van der Waals surface area contributed by atoms with Crippen molar-refractivity contribution >= 4 is 5.97 Å². The lowest BCUT2D eigenvalue weighted by Gasteiger charge is -1.86. The van der Waals surface area contributed by atoms with Gasteiger partial charge < -0.3 is 4.74 Å². The molecule has 44 valence electrons. The van der Waals surface area contributed by atoms with Crippen molar-refractivity contribution < 1.29 is 9.53 Å². The molecule has 0 N–H and O–H groups in total. The molecule has 0 atom stereocenters. The van der Waals surface area contributed by atoms with E-state index in [9.17, 15) is 4.79 Å². The molecule has 2 rings (SSSR count). The highest BCUT2D eigenvalue weighted by molar-refractivity contribution is 5.94. The van der Waals surface area contributed by atoms with Gasteiger partial charge in [-0.2, -0.15) is 0 Å². The molecule has 0 amide bonds. The first-order valence-corrected chi connectivity index (χ1v) is 2.68. The summed E-state index contributed by atoms with van der Waals surface area (Å²) in [4.78, 5) is 10.7. The molecule has 0 fully saturated rings. The first kappa shape index (κ1) is 4.56. The van der Waals surface area contributed by atoms with Crippen LogP contribution in [0.25, 0.3) is 0 Å². The standard InChI is InChI=1S/C7H4O2/c8-7-5-2-1-3-6(4-5)9-7/h1-4H. The topological polar surface area (TPSA) is 26.3 Å². The van der Waals surface area contributed by atoms with E-state index in [4.69, 9.17) is 4.74 Å². The molecule has 1 aliphatic rings. The molecule has 0 aliphatic carbocycles. The van der Waals surface area contributed by atoms with Crippen LogP contribution in [0, 0.1) is 0 Å². The number of esters is 1. The summed E-state index contributed by atoms with van der Waals surface area (Å²) in [5.41, 5.74) is 0.646. The molecular weight excluding hydrogens is 116 g/mol. The maximum Gasteiger partial charge on any atom is 0.343 e. The van der Waals surface area contributed by atoms with Crippen molar-refractivity contribution in [3.63, 3.8) is 0 Å². The van der Waals surface area contributed by atoms with Crippen LogP contribution < -0.4 is 4.74 Å². The second-order valence-electron chi connectivity index (χ2n) is 1.92. The summed E-state index contributed by atoms with van der Waals surface area (Å²) in [7, 11) is 0. The Balaban J connectivity index is 2.69. The Bertz CT molecular complexity index is 265. The summed E-state index contributed by atoms with van der Waals surface area (Å²) in [6.07, 6.45) is 0. The summed E-state index contributed by atoms with van der Waals surface area (Å²) >= 11 is 0. The largest absolute Gasteiger partial charge is 0.423 e. The smallest absolute Gasteiger partial charge is 0.343 e. The number of rotatable bonds is 0. The summed E-state index contributed by atoms with van der Waals surface area (Å²) < 4.78 is 4.75. The minimum absolute atomic E-state index is 0.241. The fourth-order valence-electron chi connectivity index (χ4n) is 0.853. The maximum atomic E-state index is 10.7. The van der Waals surface area contributed by atoms with Gasteiger partial charge in [0.25, 0.3) is 0 Å². The number of carbonyl (C=O) groups excluding carboxylic acids is 1. The molecule has 0 saturated carbocycles. The summed E-state index contributed by atoms with van der Waals surface area (Å²) in [5.74, 6) is 0.410. The third-order valence-electron chi connectivity index (χ3n) is 1.28. The summed E-state index contributed by atoms with van der Waals surface area (Å²) in [5, 5.41) is 0. The zero-order valence-corrected chi connectivity index (χ0v) is 4.63. The Morgan fingerprint density at radius 1 is 1.33 bits per heavy atom. The van der Waals surface area contributed by atoms with Crippen LogP contribution in [-0.2, 0) is 0 Å². The number of ether oxygens (including phenoxy) is 1. The zero-order valence-electron chi connectivity index (χ0n) is 4.63. The number of carbonyl (C=O) groups is 1. The Hall–Kier alpha value is -1.31. The molecule has 2 heteroatoms. The quantitative estimate of drug-likeness (QED) is 0.481. The van der Waals surface area contributed by atoms with E-state index in [-0.39, 0.29) is 5.97 Å². The summed E-state index contributed by atoms with van der Waals surface area (Å²) in [6.45, 7) is 0. The van der Waals surface area contributed by atoms with Crippen LogP contribution >= 0.6 is 0 Å². The van der Waals surface area contributed by atoms with Gasteiger partial charge in [-0.25, -0.2) is 4.79 Å². The van der Waals surface area contributed by atoms with Crippen LogP contribution in [0.3, 0.4) is 0 Å². The van der Waals surface area contributed by atoms with E-state index in [1.54, 1.807) is 24.3 Å². The molecule has 0 spiro atoms. The van der Waals surface area contributed by atoms with E-state index in [1.807, 2.05) is 0 Å². The van der Waals surface area contributed by atoms with Gasteiger partial charge in [-0.15, -0.1) is 0 Å². The van der Waals surface area contributed by atoms with Gasteiger partial charge in [0.2, 0.25) is 0 Å². The molecule has 0 saturated heterocycles. The minimum Gasteiger partial charge on any atom is -0.423 e. The highest BCUT2D eigenvalue weighted by Crippen LogP contribution is 2.20. The molecule has 1 aromatic carbocycles. The number of fused-ring (bicyclic) bond motifs is 2. The predicted octanol–water partition coefficient (Wildman–Crippen LogP) is 1.22. The van der Waals surface area contributed by atoms with Crippen molar-refractivity contribution in [2.24, 2.45) is 0 Å². The van der Waals surface area contributed by atoms with Gasteiger partial charge in [0.15, 0.2) is 0 Å². The number of hydrogen-bond donors (Lipinski definition) is 0. The maximum absolute atomic E-state index is 10.7. The number of benzene rings is 1. The molecule has 2 bridgehead atoms. The Kier molecular flexibility index (Phi) is 0.681. The van der Waals surface area contributed by atoms with Crippen molar-refractivity contribution in [1.29, 1.82) is 0 Å². The van der Waals surface area contributed by atoms with Crippen molar-refractivity contribution in [2.45, 2.75) is 0 Å². The molecule has 1 aromatic rings. The van der Waals surface area contributed by atoms with Crippen molar-refractivity contribution in [1.82, 2.24) is 0 Å². The van der Waals surface area contributed by atoms with Gasteiger partial charge >= 0.3 is 5.97 Å². The van der Waals surface area contributed by atoms with Crippen LogP contribution in [0.2, 0.25) is 0 Å². The van der Waals surface area contributed by atoms with E-state index in [2.05, 4.69) is 0 Å².